The SMILES string of the molecule is CCC(CO)CCCC1CCCO1. The average molecular weight is 186 g/mol. The molecular formula is C11H22O2. The van der Waals surface area contributed by atoms with Crippen molar-refractivity contribution in [3.63, 3.8) is 0 Å². The Morgan fingerprint density at radius 1 is 1.54 bits per heavy atom. The first-order chi connectivity index (χ1) is 6.36. The molecule has 1 aliphatic rings. The van der Waals surface area contributed by atoms with Gasteiger partial charge in [-0.2, -0.15) is 0 Å². The van der Waals surface area contributed by atoms with Crippen molar-refractivity contribution in [2.45, 2.75) is 51.6 Å². The molecule has 1 rings (SSSR count). The second-order valence-corrected chi connectivity index (χ2v) is 4.02. The third-order valence-electron chi connectivity index (χ3n) is 3.00. The van der Waals surface area contributed by atoms with Gasteiger partial charge in [0.25, 0.3) is 0 Å². The fourth-order valence-corrected chi connectivity index (χ4v) is 1.93. The summed E-state index contributed by atoms with van der Waals surface area (Å²) in [6, 6.07) is 0. The Hall–Kier alpha value is -0.0800. The predicted octanol–water partition coefficient (Wildman–Crippen LogP) is 2.35. The molecule has 0 bridgehead atoms. The summed E-state index contributed by atoms with van der Waals surface area (Å²) in [6.45, 7) is 3.46. The van der Waals surface area contributed by atoms with E-state index in [1.165, 1.54) is 25.7 Å². The fourth-order valence-electron chi connectivity index (χ4n) is 1.93. The lowest BCUT2D eigenvalue weighted by Crippen LogP contribution is -2.08. The molecule has 1 aliphatic heterocycles. The van der Waals surface area contributed by atoms with E-state index in [9.17, 15) is 0 Å². The summed E-state index contributed by atoms with van der Waals surface area (Å²) in [5.74, 6) is 0.515. The van der Waals surface area contributed by atoms with Crippen molar-refractivity contribution in [1.29, 1.82) is 0 Å². The van der Waals surface area contributed by atoms with E-state index in [4.69, 9.17) is 9.84 Å². The predicted molar refractivity (Wildman–Crippen MR) is 53.7 cm³/mol. The molecule has 0 aliphatic carbocycles. The minimum Gasteiger partial charge on any atom is -0.396 e. The average Bonchev–Trinajstić information content (AvgIpc) is 2.65. The summed E-state index contributed by atoms with van der Waals surface area (Å²) in [6.07, 6.45) is 7.67. The van der Waals surface area contributed by atoms with Gasteiger partial charge in [-0.25, -0.2) is 0 Å². The monoisotopic (exact) mass is 186 g/mol. The van der Waals surface area contributed by atoms with E-state index in [1.54, 1.807) is 0 Å². The molecule has 0 aromatic rings. The van der Waals surface area contributed by atoms with Crippen molar-refractivity contribution >= 4 is 0 Å². The molecule has 0 amide bonds. The van der Waals surface area contributed by atoms with Crippen molar-refractivity contribution in [3.8, 4) is 0 Å². The van der Waals surface area contributed by atoms with Crippen molar-refractivity contribution in [1.82, 2.24) is 0 Å². The zero-order chi connectivity index (χ0) is 9.52. The molecule has 1 saturated heterocycles. The van der Waals surface area contributed by atoms with Crippen LogP contribution in [0.3, 0.4) is 0 Å². The molecule has 1 heterocycles. The van der Waals surface area contributed by atoms with E-state index in [0.29, 0.717) is 18.6 Å². The van der Waals surface area contributed by atoms with Gasteiger partial charge in [-0.05, 0) is 31.6 Å². The minimum absolute atomic E-state index is 0.349. The number of aliphatic hydroxyl groups excluding tert-OH is 1. The van der Waals surface area contributed by atoms with Crippen LogP contribution in [0.4, 0.5) is 0 Å². The number of ether oxygens (including phenoxy) is 1. The van der Waals surface area contributed by atoms with Crippen molar-refractivity contribution in [3.05, 3.63) is 0 Å². The second-order valence-electron chi connectivity index (χ2n) is 4.02. The van der Waals surface area contributed by atoms with Crippen LogP contribution >= 0.6 is 0 Å². The van der Waals surface area contributed by atoms with Crippen LogP contribution in [0.25, 0.3) is 0 Å². The fraction of sp³-hybridized carbons (Fsp3) is 1.00. The van der Waals surface area contributed by atoms with Crippen LogP contribution in [0, 0.1) is 5.92 Å². The Labute approximate surface area is 81.3 Å². The third-order valence-corrected chi connectivity index (χ3v) is 3.00. The Balaban J connectivity index is 1.98. The zero-order valence-electron chi connectivity index (χ0n) is 8.67. The topological polar surface area (TPSA) is 29.5 Å². The summed E-state index contributed by atoms with van der Waals surface area (Å²) < 4.78 is 5.54. The first-order valence-electron chi connectivity index (χ1n) is 5.59. The van der Waals surface area contributed by atoms with Crippen LogP contribution in [0.1, 0.15) is 45.4 Å². The van der Waals surface area contributed by atoms with Crippen LogP contribution in [-0.2, 0) is 4.74 Å². The molecule has 0 saturated carbocycles. The molecule has 1 N–H and O–H groups in total. The maximum absolute atomic E-state index is 8.99. The minimum atomic E-state index is 0.349. The quantitative estimate of drug-likeness (QED) is 0.690. The highest BCUT2D eigenvalue weighted by molar-refractivity contribution is 4.66. The van der Waals surface area contributed by atoms with Crippen LogP contribution in [0.5, 0.6) is 0 Å². The van der Waals surface area contributed by atoms with Crippen LogP contribution in [-0.4, -0.2) is 24.4 Å². The van der Waals surface area contributed by atoms with E-state index in [2.05, 4.69) is 6.92 Å². The van der Waals surface area contributed by atoms with Crippen molar-refractivity contribution in [2.24, 2.45) is 5.92 Å². The molecule has 2 heteroatoms. The molecule has 0 radical (unpaired) electrons. The third kappa shape index (κ3) is 4.10. The first-order valence-corrected chi connectivity index (χ1v) is 5.59. The molecule has 2 nitrogen and oxygen atoms in total. The first kappa shape index (κ1) is 11.0. The Morgan fingerprint density at radius 2 is 2.38 bits per heavy atom. The lowest BCUT2D eigenvalue weighted by atomic mass is 9.98. The van der Waals surface area contributed by atoms with E-state index in [1.807, 2.05) is 0 Å². The summed E-state index contributed by atoms with van der Waals surface area (Å²) in [5.41, 5.74) is 0. The molecule has 1 fully saturated rings. The van der Waals surface area contributed by atoms with Crippen LogP contribution in [0.15, 0.2) is 0 Å². The zero-order valence-corrected chi connectivity index (χ0v) is 8.67. The van der Waals surface area contributed by atoms with E-state index >= 15 is 0 Å². The number of aliphatic hydroxyl groups is 1. The summed E-state index contributed by atoms with van der Waals surface area (Å²) in [4.78, 5) is 0. The van der Waals surface area contributed by atoms with Gasteiger partial charge in [0.05, 0.1) is 6.10 Å². The molecule has 0 aromatic carbocycles. The molecule has 0 spiro atoms. The second kappa shape index (κ2) is 6.39. The van der Waals surface area contributed by atoms with Gasteiger partial charge in [-0.1, -0.05) is 19.8 Å². The van der Waals surface area contributed by atoms with Gasteiger partial charge in [0.1, 0.15) is 0 Å². The molecule has 2 unspecified atom stereocenters. The smallest absolute Gasteiger partial charge is 0.0576 e. The number of hydrogen-bond donors (Lipinski definition) is 1. The Bertz CT molecular complexity index is 113. The summed E-state index contributed by atoms with van der Waals surface area (Å²) >= 11 is 0. The standard InChI is InChI=1S/C11H22O2/c1-2-10(9-12)5-3-6-11-7-4-8-13-11/h10-12H,2-9H2,1H3. The molecule has 0 aromatic heterocycles. The highest BCUT2D eigenvalue weighted by Gasteiger charge is 2.15. The Kier molecular flexibility index (Phi) is 5.40. The van der Waals surface area contributed by atoms with Crippen molar-refractivity contribution < 1.29 is 9.84 Å². The highest BCUT2D eigenvalue weighted by Crippen LogP contribution is 2.20. The van der Waals surface area contributed by atoms with Gasteiger partial charge in [-0.3, -0.25) is 0 Å². The van der Waals surface area contributed by atoms with E-state index < -0.39 is 0 Å². The van der Waals surface area contributed by atoms with E-state index in [0.717, 1.165) is 19.4 Å². The van der Waals surface area contributed by atoms with Crippen LogP contribution < -0.4 is 0 Å². The Morgan fingerprint density at radius 3 is 2.92 bits per heavy atom. The van der Waals surface area contributed by atoms with E-state index in [-0.39, 0.29) is 0 Å². The van der Waals surface area contributed by atoms with Gasteiger partial charge >= 0.3 is 0 Å². The normalized spacial score (nSPS) is 24.9. The summed E-state index contributed by atoms with van der Waals surface area (Å²) in [7, 11) is 0. The molecular weight excluding hydrogens is 164 g/mol. The van der Waals surface area contributed by atoms with Gasteiger partial charge < -0.3 is 9.84 Å². The lowest BCUT2D eigenvalue weighted by molar-refractivity contribution is 0.0989. The summed E-state index contributed by atoms with van der Waals surface area (Å²) in [5, 5.41) is 8.99. The van der Waals surface area contributed by atoms with Gasteiger partial charge in [0.15, 0.2) is 0 Å². The molecule has 13 heavy (non-hydrogen) atoms. The van der Waals surface area contributed by atoms with Gasteiger partial charge in [0.2, 0.25) is 0 Å². The maximum atomic E-state index is 8.99. The highest BCUT2D eigenvalue weighted by atomic mass is 16.5. The van der Waals surface area contributed by atoms with Crippen molar-refractivity contribution in [2.75, 3.05) is 13.2 Å². The van der Waals surface area contributed by atoms with Crippen LogP contribution in [0.2, 0.25) is 0 Å². The number of hydrogen-bond acceptors (Lipinski definition) is 2. The molecule has 78 valence electrons. The van der Waals surface area contributed by atoms with Gasteiger partial charge in [-0.15, -0.1) is 0 Å². The lowest BCUT2D eigenvalue weighted by Gasteiger charge is -2.13. The maximum Gasteiger partial charge on any atom is 0.0576 e. The molecule has 2 atom stereocenters. The van der Waals surface area contributed by atoms with Gasteiger partial charge in [0, 0.05) is 13.2 Å². The number of rotatable bonds is 6. The largest absolute Gasteiger partial charge is 0.396 e.